The molecule has 1 aromatic heterocycles. The molecule has 6 heteroatoms. The molecule has 0 spiro atoms. The third-order valence-electron chi connectivity index (χ3n) is 3.46. The molecule has 22 heavy (non-hydrogen) atoms. The van der Waals surface area contributed by atoms with Crippen molar-refractivity contribution in [3.8, 4) is 0 Å². The topological polar surface area (TPSA) is 54.5 Å². The smallest absolute Gasteiger partial charge is 0.407 e. The number of amides is 1. The van der Waals surface area contributed by atoms with Crippen LogP contribution >= 0.6 is 11.3 Å². The first-order chi connectivity index (χ1) is 10.4. The number of hydrogen-bond acceptors (Lipinski definition) is 5. The van der Waals surface area contributed by atoms with Gasteiger partial charge in [0.05, 0.1) is 16.3 Å². The van der Waals surface area contributed by atoms with Gasteiger partial charge in [0, 0.05) is 13.1 Å². The van der Waals surface area contributed by atoms with Gasteiger partial charge in [-0.15, -0.1) is 0 Å². The van der Waals surface area contributed by atoms with Crippen LogP contribution in [0.25, 0.3) is 10.2 Å². The molecule has 1 amide bonds. The highest BCUT2D eigenvalue weighted by Gasteiger charge is 2.27. The van der Waals surface area contributed by atoms with Crippen LogP contribution in [0.3, 0.4) is 0 Å². The van der Waals surface area contributed by atoms with Gasteiger partial charge in [-0.3, -0.25) is 0 Å². The fourth-order valence-electron chi connectivity index (χ4n) is 2.52. The summed E-state index contributed by atoms with van der Waals surface area (Å²) in [6.45, 7) is 7.29. The first kappa shape index (κ1) is 15.1. The van der Waals surface area contributed by atoms with E-state index in [1.165, 1.54) is 4.70 Å². The van der Waals surface area contributed by atoms with Crippen LogP contribution in [0.5, 0.6) is 0 Å². The van der Waals surface area contributed by atoms with Crippen LogP contribution in [0.4, 0.5) is 9.93 Å². The molecule has 1 N–H and O–H groups in total. The van der Waals surface area contributed by atoms with Crippen molar-refractivity contribution in [1.29, 1.82) is 0 Å². The molecule has 2 aromatic rings. The van der Waals surface area contributed by atoms with Crippen LogP contribution in [0, 0.1) is 0 Å². The van der Waals surface area contributed by atoms with E-state index >= 15 is 0 Å². The minimum Gasteiger partial charge on any atom is -0.444 e. The number of thiazole rings is 1. The van der Waals surface area contributed by atoms with Crippen molar-refractivity contribution < 1.29 is 9.53 Å². The van der Waals surface area contributed by atoms with Crippen LogP contribution < -0.4 is 10.2 Å². The molecule has 5 nitrogen and oxygen atoms in total. The Kier molecular flexibility index (Phi) is 3.95. The van der Waals surface area contributed by atoms with Gasteiger partial charge >= 0.3 is 6.09 Å². The first-order valence-electron chi connectivity index (χ1n) is 7.51. The molecule has 1 saturated heterocycles. The molecule has 1 aliphatic heterocycles. The number of hydrogen-bond donors (Lipinski definition) is 1. The zero-order valence-electron chi connectivity index (χ0n) is 13.1. The van der Waals surface area contributed by atoms with Gasteiger partial charge in [-0.1, -0.05) is 23.5 Å². The molecule has 2 heterocycles. The highest BCUT2D eigenvalue weighted by Crippen LogP contribution is 2.30. The van der Waals surface area contributed by atoms with E-state index in [2.05, 4.69) is 21.3 Å². The zero-order valence-corrected chi connectivity index (χ0v) is 13.9. The minimum atomic E-state index is -0.463. The molecule has 1 aliphatic rings. The molecule has 0 aliphatic carbocycles. The summed E-state index contributed by atoms with van der Waals surface area (Å²) in [7, 11) is 0. The van der Waals surface area contributed by atoms with Gasteiger partial charge in [0.15, 0.2) is 5.13 Å². The maximum atomic E-state index is 11.8. The molecule has 1 aromatic carbocycles. The Morgan fingerprint density at radius 3 is 2.91 bits per heavy atom. The Hall–Kier alpha value is -1.82. The number of benzene rings is 1. The Labute approximate surface area is 134 Å². The summed E-state index contributed by atoms with van der Waals surface area (Å²) in [6.07, 6.45) is 0.568. The second-order valence-electron chi connectivity index (χ2n) is 6.54. The second kappa shape index (κ2) is 5.76. The van der Waals surface area contributed by atoms with Crippen molar-refractivity contribution in [1.82, 2.24) is 10.3 Å². The van der Waals surface area contributed by atoms with Gasteiger partial charge in [-0.25, -0.2) is 9.78 Å². The van der Waals surface area contributed by atoms with Gasteiger partial charge in [0.1, 0.15) is 5.60 Å². The summed E-state index contributed by atoms with van der Waals surface area (Å²) in [6, 6.07) is 8.26. The third kappa shape index (κ3) is 3.50. The number of fused-ring (bicyclic) bond motifs is 1. The van der Waals surface area contributed by atoms with Crippen molar-refractivity contribution in [3.05, 3.63) is 24.3 Å². The number of para-hydroxylation sites is 1. The monoisotopic (exact) mass is 319 g/mol. The number of ether oxygens (including phenoxy) is 1. The number of alkyl carbamates (subject to hydrolysis) is 1. The third-order valence-corrected chi connectivity index (χ3v) is 4.56. The Morgan fingerprint density at radius 2 is 2.18 bits per heavy atom. The number of nitrogens with zero attached hydrogens (tertiary/aromatic N) is 2. The predicted octanol–water partition coefficient (Wildman–Crippen LogP) is 3.40. The van der Waals surface area contributed by atoms with Crippen LogP contribution in [-0.4, -0.2) is 35.8 Å². The molecule has 0 radical (unpaired) electrons. The Bertz CT molecular complexity index is 644. The second-order valence-corrected chi connectivity index (χ2v) is 7.55. The first-order valence-corrected chi connectivity index (χ1v) is 8.32. The van der Waals surface area contributed by atoms with Gasteiger partial charge in [0.2, 0.25) is 0 Å². The van der Waals surface area contributed by atoms with E-state index < -0.39 is 5.60 Å². The van der Waals surface area contributed by atoms with Crippen LogP contribution in [-0.2, 0) is 4.74 Å². The van der Waals surface area contributed by atoms with E-state index in [9.17, 15) is 4.79 Å². The number of anilines is 1. The van der Waals surface area contributed by atoms with E-state index in [1.54, 1.807) is 11.3 Å². The molecule has 1 atom stereocenters. The molecule has 0 unspecified atom stereocenters. The summed E-state index contributed by atoms with van der Waals surface area (Å²) in [5, 5.41) is 3.97. The Morgan fingerprint density at radius 1 is 1.41 bits per heavy atom. The van der Waals surface area contributed by atoms with Gasteiger partial charge in [0.25, 0.3) is 0 Å². The standard InChI is InChI=1S/C16H21N3O2S/c1-16(2,3)21-15(20)17-11-8-9-19(10-11)14-18-12-6-4-5-7-13(12)22-14/h4-7,11H,8-10H2,1-3H3,(H,17,20)/t11-/m0/s1. The fourth-order valence-corrected chi connectivity index (χ4v) is 3.52. The lowest BCUT2D eigenvalue weighted by atomic mass is 10.2. The quantitative estimate of drug-likeness (QED) is 0.922. The minimum absolute atomic E-state index is 0.113. The highest BCUT2D eigenvalue weighted by molar-refractivity contribution is 7.22. The lowest BCUT2D eigenvalue weighted by Crippen LogP contribution is -2.40. The summed E-state index contributed by atoms with van der Waals surface area (Å²) in [5.74, 6) is 0. The number of rotatable bonds is 2. The number of nitrogens with one attached hydrogen (secondary N) is 1. The average Bonchev–Trinajstić information content (AvgIpc) is 3.01. The molecule has 1 fully saturated rings. The van der Waals surface area contributed by atoms with Crippen LogP contribution in [0.2, 0.25) is 0 Å². The van der Waals surface area contributed by atoms with Crippen molar-refractivity contribution in [2.24, 2.45) is 0 Å². The lowest BCUT2D eigenvalue weighted by molar-refractivity contribution is 0.0509. The van der Waals surface area contributed by atoms with Gasteiger partial charge in [-0.2, -0.15) is 0 Å². The normalized spacial score (nSPS) is 18.7. The maximum absolute atomic E-state index is 11.8. The van der Waals surface area contributed by atoms with Crippen LogP contribution in [0.15, 0.2) is 24.3 Å². The average molecular weight is 319 g/mol. The predicted molar refractivity (Wildman–Crippen MR) is 89.6 cm³/mol. The van der Waals surface area contributed by atoms with Gasteiger partial charge in [-0.05, 0) is 39.3 Å². The molecule has 118 valence electrons. The fraction of sp³-hybridized carbons (Fsp3) is 0.500. The molecule has 3 rings (SSSR count). The van der Waals surface area contributed by atoms with Crippen molar-refractivity contribution in [2.45, 2.75) is 38.8 Å². The van der Waals surface area contributed by atoms with E-state index in [0.717, 1.165) is 30.2 Å². The highest BCUT2D eigenvalue weighted by atomic mass is 32.1. The number of aromatic nitrogens is 1. The maximum Gasteiger partial charge on any atom is 0.407 e. The molecule has 0 bridgehead atoms. The SMILES string of the molecule is CC(C)(C)OC(=O)N[C@H]1CCN(c2nc3ccccc3s2)C1. The Balaban J connectivity index is 1.61. The largest absolute Gasteiger partial charge is 0.444 e. The molecular weight excluding hydrogens is 298 g/mol. The lowest BCUT2D eigenvalue weighted by Gasteiger charge is -2.21. The molecule has 0 saturated carbocycles. The van der Waals surface area contributed by atoms with E-state index in [4.69, 9.17) is 4.74 Å². The van der Waals surface area contributed by atoms with E-state index in [-0.39, 0.29) is 12.1 Å². The zero-order chi connectivity index (χ0) is 15.7. The van der Waals surface area contributed by atoms with Crippen molar-refractivity contribution in [3.63, 3.8) is 0 Å². The van der Waals surface area contributed by atoms with Crippen molar-refractivity contribution >= 4 is 32.8 Å². The number of carbonyl (C=O) groups is 1. The summed E-state index contributed by atoms with van der Waals surface area (Å²) in [5.41, 5.74) is 0.570. The summed E-state index contributed by atoms with van der Waals surface area (Å²) >= 11 is 1.70. The molecular formula is C16H21N3O2S. The summed E-state index contributed by atoms with van der Waals surface area (Å²) < 4.78 is 6.50. The number of carbonyl (C=O) groups excluding carboxylic acids is 1. The van der Waals surface area contributed by atoms with Gasteiger partial charge < -0.3 is 15.0 Å². The van der Waals surface area contributed by atoms with E-state index in [0.29, 0.717) is 0 Å². The summed E-state index contributed by atoms with van der Waals surface area (Å²) in [4.78, 5) is 18.7. The van der Waals surface area contributed by atoms with Crippen LogP contribution in [0.1, 0.15) is 27.2 Å². The van der Waals surface area contributed by atoms with E-state index in [1.807, 2.05) is 39.0 Å². The van der Waals surface area contributed by atoms with Crippen molar-refractivity contribution in [2.75, 3.05) is 18.0 Å².